The molecule has 0 aromatic rings. The number of hydrogen-bond donors (Lipinski definition) is 1. The maximum atomic E-state index is 13.1. The van der Waals surface area contributed by atoms with Crippen molar-refractivity contribution in [3.05, 3.63) is 0 Å². The second kappa shape index (κ2) is 6.88. The topological polar surface area (TPSA) is 29.1 Å². The van der Waals surface area contributed by atoms with Crippen LogP contribution in [0.25, 0.3) is 0 Å². The summed E-state index contributed by atoms with van der Waals surface area (Å²) in [5.41, 5.74) is -0.0205. The summed E-state index contributed by atoms with van der Waals surface area (Å²) in [5.74, 6) is 1.78. The molecular formula is C17H31NO. The fourth-order valence-corrected chi connectivity index (χ4v) is 4.33. The van der Waals surface area contributed by atoms with Crippen molar-refractivity contribution in [2.24, 2.45) is 17.3 Å². The van der Waals surface area contributed by atoms with Gasteiger partial charge in [-0.15, -0.1) is 0 Å². The van der Waals surface area contributed by atoms with Gasteiger partial charge in [0.05, 0.1) is 0 Å². The fraction of sp³-hybridized carbons (Fsp3) is 0.941. The number of hydrogen-bond acceptors (Lipinski definition) is 2. The van der Waals surface area contributed by atoms with E-state index in [0.29, 0.717) is 11.7 Å². The summed E-state index contributed by atoms with van der Waals surface area (Å²) in [6.07, 6.45) is 10.7. The average molecular weight is 265 g/mol. The number of nitrogens with one attached hydrogen (secondary N) is 1. The van der Waals surface area contributed by atoms with E-state index in [1.165, 1.54) is 32.1 Å². The Morgan fingerprint density at radius 1 is 1.26 bits per heavy atom. The van der Waals surface area contributed by atoms with Crippen molar-refractivity contribution < 1.29 is 4.79 Å². The Bertz CT molecular complexity index is 288. The third kappa shape index (κ3) is 3.39. The van der Waals surface area contributed by atoms with Crippen molar-refractivity contribution in [2.45, 2.75) is 71.6 Å². The van der Waals surface area contributed by atoms with Gasteiger partial charge in [0.1, 0.15) is 5.78 Å². The van der Waals surface area contributed by atoms with Gasteiger partial charge < -0.3 is 5.32 Å². The van der Waals surface area contributed by atoms with Crippen LogP contribution in [0, 0.1) is 17.3 Å². The number of carbonyl (C=O) groups is 1. The maximum absolute atomic E-state index is 13.1. The molecule has 1 aliphatic carbocycles. The largest absolute Gasteiger partial charge is 0.316 e. The normalized spacial score (nSPS) is 36.1. The second-order valence-corrected chi connectivity index (χ2v) is 6.81. The van der Waals surface area contributed by atoms with E-state index in [1.807, 2.05) is 0 Å². The molecule has 0 bridgehead atoms. The molecule has 0 aromatic carbocycles. The van der Waals surface area contributed by atoms with E-state index >= 15 is 0 Å². The van der Waals surface area contributed by atoms with Gasteiger partial charge in [-0.3, -0.25) is 4.79 Å². The Morgan fingerprint density at radius 3 is 2.74 bits per heavy atom. The van der Waals surface area contributed by atoms with Gasteiger partial charge in [0, 0.05) is 17.9 Å². The van der Waals surface area contributed by atoms with Crippen LogP contribution in [0.3, 0.4) is 0 Å². The fourth-order valence-electron chi connectivity index (χ4n) is 4.33. The second-order valence-electron chi connectivity index (χ2n) is 6.81. The van der Waals surface area contributed by atoms with E-state index in [-0.39, 0.29) is 5.41 Å². The molecule has 1 saturated carbocycles. The molecule has 3 atom stereocenters. The third-order valence-electron chi connectivity index (χ3n) is 5.45. The minimum absolute atomic E-state index is 0.0205. The summed E-state index contributed by atoms with van der Waals surface area (Å²) in [7, 11) is 0. The highest BCUT2D eigenvalue weighted by atomic mass is 16.1. The van der Waals surface area contributed by atoms with Crippen LogP contribution in [0.5, 0.6) is 0 Å². The molecule has 0 spiro atoms. The molecule has 2 rings (SSSR count). The molecule has 1 N–H and O–H groups in total. The lowest BCUT2D eigenvalue weighted by atomic mass is 9.66. The Morgan fingerprint density at radius 2 is 2.11 bits per heavy atom. The number of Topliss-reactive ketones (excluding diaryl/α,β-unsaturated/α-hetero) is 1. The van der Waals surface area contributed by atoms with Crippen LogP contribution in [-0.4, -0.2) is 18.9 Å². The summed E-state index contributed by atoms with van der Waals surface area (Å²) in [6.45, 7) is 6.54. The molecule has 1 heterocycles. The Balaban J connectivity index is 2.05. The molecule has 19 heavy (non-hydrogen) atoms. The van der Waals surface area contributed by atoms with Crippen molar-refractivity contribution in [1.29, 1.82) is 0 Å². The van der Waals surface area contributed by atoms with Gasteiger partial charge in [0.25, 0.3) is 0 Å². The van der Waals surface area contributed by atoms with Gasteiger partial charge in [-0.2, -0.15) is 0 Å². The minimum atomic E-state index is -0.0205. The quantitative estimate of drug-likeness (QED) is 0.815. The van der Waals surface area contributed by atoms with Crippen LogP contribution >= 0.6 is 0 Å². The number of piperidine rings is 1. The van der Waals surface area contributed by atoms with Crippen molar-refractivity contribution in [3.63, 3.8) is 0 Å². The third-order valence-corrected chi connectivity index (χ3v) is 5.45. The molecule has 1 saturated heterocycles. The lowest BCUT2D eigenvalue weighted by Gasteiger charge is -2.40. The standard InChI is InChI=1S/C17H31NO/c1-3-9-17(10-6-11-18-13-17)16(19)15-8-5-7-14(4-2)12-15/h14-15,18H,3-13H2,1-2H3. The van der Waals surface area contributed by atoms with E-state index < -0.39 is 0 Å². The predicted octanol–water partition coefficient (Wildman–Crippen LogP) is 3.94. The molecular weight excluding hydrogens is 234 g/mol. The Hall–Kier alpha value is -0.370. The minimum Gasteiger partial charge on any atom is -0.316 e. The van der Waals surface area contributed by atoms with E-state index in [4.69, 9.17) is 0 Å². The molecule has 3 unspecified atom stereocenters. The van der Waals surface area contributed by atoms with E-state index in [2.05, 4.69) is 19.2 Å². The molecule has 2 aliphatic rings. The molecule has 2 nitrogen and oxygen atoms in total. The van der Waals surface area contributed by atoms with Crippen LogP contribution in [0.2, 0.25) is 0 Å². The molecule has 110 valence electrons. The first-order chi connectivity index (χ1) is 9.22. The molecule has 2 fully saturated rings. The smallest absolute Gasteiger partial charge is 0.143 e. The average Bonchev–Trinajstić information content (AvgIpc) is 2.48. The van der Waals surface area contributed by atoms with Gasteiger partial charge in [0.2, 0.25) is 0 Å². The number of carbonyl (C=O) groups excluding carboxylic acids is 1. The zero-order chi connectivity index (χ0) is 13.7. The lowest BCUT2D eigenvalue weighted by Crippen LogP contribution is -2.48. The van der Waals surface area contributed by atoms with Crippen LogP contribution in [0.1, 0.15) is 71.6 Å². The van der Waals surface area contributed by atoms with Gasteiger partial charge in [-0.05, 0) is 44.6 Å². The number of ketones is 1. The monoisotopic (exact) mass is 265 g/mol. The summed E-state index contributed by atoms with van der Waals surface area (Å²) < 4.78 is 0. The molecule has 1 aliphatic heterocycles. The maximum Gasteiger partial charge on any atom is 0.143 e. The highest BCUT2D eigenvalue weighted by Gasteiger charge is 2.42. The van der Waals surface area contributed by atoms with E-state index in [9.17, 15) is 4.79 Å². The van der Waals surface area contributed by atoms with Gasteiger partial charge in [-0.25, -0.2) is 0 Å². The molecule has 0 amide bonds. The highest BCUT2D eigenvalue weighted by Crippen LogP contribution is 2.40. The zero-order valence-corrected chi connectivity index (χ0v) is 12.8. The summed E-state index contributed by atoms with van der Waals surface area (Å²) in [5, 5.41) is 3.48. The highest BCUT2D eigenvalue weighted by molar-refractivity contribution is 5.87. The van der Waals surface area contributed by atoms with E-state index in [0.717, 1.165) is 44.7 Å². The Kier molecular flexibility index (Phi) is 5.44. The lowest BCUT2D eigenvalue weighted by molar-refractivity contribution is -0.136. The van der Waals surface area contributed by atoms with Gasteiger partial charge in [-0.1, -0.05) is 39.5 Å². The summed E-state index contributed by atoms with van der Waals surface area (Å²) in [6, 6.07) is 0. The first-order valence-electron chi connectivity index (χ1n) is 8.47. The molecule has 0 aromatic heterocycles. The molecule has 2 heteroatoms. The molecule has 0 radical (unpaired) electrons. The van der Waals surface area contributed by atoms with Gasteiger partial charge in [0.15, 0.2) is 0 Å². The van der Waals surface area contributed by atoms with Crippen LogP contribution in [-0.2, 0) is 4.79 Å². The van der Waals surface area contributed by atoms with Crippen molar-refractivity contribution in [1.82, 2.24) is 5.32 Å². The van der Waals surface area contributed by atoms with Crippen molar-refractivity contribution in [2.75, 3.05) is 13.1 Å². The van der Waals surface area contributed by atoms with Crippen LogP contribution < -0.4 is 5.32 Å². The van der Waals surface area contributed by atoms with Crippen LogP contribution in [0.4, 0.5) is 0 Å². The van der Waals surface area contributed by atoms with Gasteiger partial charge >= 0.3 is 0 Å². The van der Waals surface area contributed by atoms with Crippen LogP contribution in [0.15, 0.2) is 0 Å². The van der Waals surface area contributed by atoms with Crippen molar-refractivity contribution >= 4 is 5.78 Å². The van der Waals surface area contributed by atoms with Crippen molar-refractivity contribution in [3.8, 4) is 0 Å². The zero-order valence-electron chi connectivity index (χ0n) is 12.8. The predicted molar refractivity (Wildman–Crippen MR) is 80.2 cm³/mol. The SMILES string of the molecule is CCCC1(C(=O)C2CCCC(CC)C2)CCCNC1. The first-order valence-corrected chi connectivity index (χ1v) is 8.47. The number of rotatable bonds is 5. The first kappa shape index (κ1) is 15.0. The van der Waals surface area contributed by atoms with E-state index in [1.54, 1.807) is 0 Å². The Labute approximate surface area is 118 Å². The summed E-state index contributed by atoms with van der Waals surface area (Å²) >= 11 is 0. The summed E-state index contributed by atoms with van der Waals surface area (Å²) in [4.78, 5) is 13.1.